The largest absolute Gasteiger partial charge is 0.465 e. The Balaban J connectivity index is 2.27. The van der Waals surface area contributed by atoms with Crippen molar-refractivity contribution in [3.63, 3.8) is 0 Å². The SMILES string of the molecule is CCOC(Nc1ccccc1C(=O)OC)C(=O)c1ccccc1. The molecule has 1 N–H and O–H groups in total. The van der Waals surface area contributed by atoms with Crippen LogP contribution in [0.25, 0.3) is 0 Å². The topological polar surface area (TPSA) is 64.6 Å². The van der Waals surface area contributed by atoms with Gasteiger partial charge in [0.1, 0.15) is 0 Å². The Kier molecular flexibility index (Phi) is 5.88. The van der Waals surface area contributed by atoms with Crippen molar-refractivity contribution in [3.8, 4) is 0 Å². The Morgan fingerprint density at radius 1 is 1.04 bits per heavy atom. The Hall–Kier alpha value is -2.66. The van der Waals surface area contributed by atoms with Gasteiger partial charge in [0.05, 0.1) is 18.4 Å². The maximum Gasteiger partial charge on any atom is 0.339 e. The number of methoxy groups -OCH3 is 1. The number of hydrogen-bond donors (Lipinski definition) is 1. The van der Waals surface area contributed by atoms with E-state index in [0.29, 0.717) is 23.4 Å². The first-order valence-electron chi connectivity index (χ1n) is 7.32. The highest BCUT2D eigenvalue weighted by molar-refractivity contribution is 6.02. The van der Waals surface area contributed by atoms with Gasteiger partial charge < -0.3 is 14.8 Å². The van der Waals surface area contributed by atoms with Crippen molar-refractivity contribution in [1.29, 1.82) is 0 Å². The lowest BCUT2D eigenvalue weighted by atomic mass is 10.1. The number of esters is 1. The monoisotopic (exact) mass is 313 g/mol. The van der Waals surface area contributed by atoms with E-state index in [9.17, 15) is 9.59 Å². The molecule has 5 nitrogen and oxygen atoms in total. The number of rotatable bonds is 7. The van der Waals surface area contributed by atoms with Gasteiger partial charge >= 0.3 is 5.97 Å². The van der Waals surface area contributed by atoms with Gasteiger partial charge in [0.25, 0.3) is 0 Å². The first kappa shape index (κ1) is 16.7. The van der Waals surface area contributed by atoms with Crippen LogP contribution in [0.5, 0.6) is 0 Å². The summed E-state index contributed by atoms with van der Waals surface area (Å²) in [5.74, 6) is -0.678. The number of carbonyl (C=O) groups excluding carboxylic acids is 2. The minimum absolute atomic E-state index is 0.202. The van der Waals surface area contributed by atoms with Gasteiger partial charge in [-0.1, -0.05) is 42.5 Å². The zero-order chi connectivity index (χ0) is 16.7. The molecule has 1 atom stereocenters. The molecule has 0 aliphatic heterocycles. The number of ether oxygens (including phenoxy) is 2. The van der Waals surface area contributed by atoms with Gasteiger partial charge in [0.15, 0.2) is 6.23 Å². The van der Waals surface area contributed by atoms with Gasteiger partial charge in [0.2, 0.25) is 5.78 Å². The minimum Gasteiger partial charge on any atom is -0.465 e. The van der Waals surface area contributed by atoms with Crippen LogP contribution in [-0.2, 0) is 9.47 Å². The van der Waals surface area contributed by atoms with E-state index in [4.69, 9.17) is 9.47 Å². The molecule has 0 heterocycles. The van der Waals surface area contributed by atoms with Crippen LogP contribution >= 0.6 is 0 Å². The molecule has 0 aliphatic carbocycles. The smallest absolute Gasteiger partial charge is 0.339 e. The van der Waals surface area contributed by atoms with E-state index in [2.05, 4.69) is 5.32 Å². The lowest BCUT2D eigenvalue weighted by Crippen LogP contribution is -2.33. The zero-order valence-electron chi connectivity index (χ0n) is 13.1. The number of para-hydroxylation sites is 1. The van der Waals surface area contributed by atoms with Crippen LogP contribution in [0.2, 0.25) is 0 Å². The van der Waals surface area contributed by atoms with Crippen LogP contribution in [0.1, 0.15) is 27.6 Å². The second kappa shape index (κ2) is 8.10. The lowest BCUT2D eigenvalue weighted by Gasteiger charge is -2.20. The molecule has 5 heteroatoms. The highest BCUT2D eigenvalue weighted by Gasteiger charge is 2.22. The molecule has 0 spiro atoms. The first-order valence-corrected chi connectivity index (χ1v) is 7.32. The molecule has 0 bridgehead atoms. The summed E-state index contributed by atoms with van der Waals surface area (Å²) in [7, 11) is 1.31. The third-order valence-electron chi connectivity index (χ3n) is 3.25. The van der Waals surface area contributed by atoms with Gasteiger partial charge in [-0.3, -0.25) is 4.79 Å². The normalized spacial score (nSPS) is 11.6. The van der Waals surface area contributed by atoms with E-state index < -0.39 is 12.2 Å². The van der Waals surface area contributed by atoms with Crippen molar-refractivity contribution in [3.05, 3.63) is 65.7 Å². The second-order valence-electron chi connectivity index (χ2n) is 4.75. The number of nitrogens with one attached hydrogen (secondary N) is 1. The van der Waals surface area contributed by atoms with E-state index in [1.165, 1.54) is 7.11 Å². The standard InChI is InChI=1S/C18H19NO4/c1-3-23-17(16(20)13-9-5-4-6-10-13)19-15-12-8-7-11-14(15)18(21)22-2/h4-12,17,19H,3H2,1-2H3. The van der Waals surface area contributed by atoms with E-state index in [1.807, 2.05) is 6.07 Å². The third-order valence-corrected chi connectivity index (χ3v) is 3.25. The summed E-state index contributed by atoms with van der Waals surface area (Å²) in [5.41, 5.74) is 1.37. The van der Waals surface area contributed by atoms with Crippen molar-refractivity contribution < 1.29 is 19.1 Å². The second-order valence-corrected chi connectivity index (χ2v) is 4.75. The van der Waals surface area contributed by atoms with Crippen molar-refractivity contribution >= 4 is 17.4 Å². The summed E-state index contributed by atoms with van der Waals surface area (Å²) in [5, 5.41) is 2.99. The average molecular weight is 313 g/mol. The fourth-order valence-corrected chi connectivity index (χ4v) is 2.14. The summed E-state index contributed by atoms with van der Waals surface area (Å²) in [4.78, 5) is 24.4. The van der Waals surface area contributed by atoms with E-state index >= 15 is 0 Å². The Labute approximate surface area is 135 Å². The Bertz CT molecular complexity index is 670. The van der Waals surface area contributed by atoms with Crippen LogP contribution in [-0.4, -0.2) is 31.7 Å². The summed E-state index contributed by atoms with van der Waals surface area (Å²) in [6.45, 7) is 2.16. The molecule has 2 rings (SSSR count). The van der Waals surface area contributed by atoms with E-state index in [1.54, 1.807) is 55.5 Å². The quantitative estimate of drug-likeness (QED) is 0.483. The summed E-state index contributed by atoms with van der Waals surface area (Å²) in [6.07, 6.45) is -0.881. The summed E-state index contributed by atoms with van der Waals surface area (Å²) in [6, 6.07) is 15.7. The van der Waals surface area contributed by atoms with Crippen molar-refractivity contribution in [1.82, 2.24) is 0 Å². The maximum atomic E-state index is 12.6. The van der Waals surface area contributed by atoms with Crippen LogP contribution < -0.4 is 5.32 Å². The van der Waals surface area contributed by atoms with Crippen LogP contribution in [0.4, 0.5) is 5.69 Å². The molecule has 0 amide bonds. The number of Topliss-reactive ketones (excluding diaryl/α,β-unsaturated/α-hetero) is 1. The van der Waals surface area contributed by atoms with Crippen molar-refractivity contribution in [2.45, 2.75) is 13.2 Å². The van der Waals surface area contributed by atoms with Gasteiger partial charge in [-0.15, -0.1) is 0 Å². The molecule has 1 unspecified atom stereocenters. The molecule has 120 valence electrons. The van der Waals surface area contributed by atoms with Crippen LogP contribution in [0.3, 0.4) is 0 Å². The highest BCUT2D eigenvalue weighted by Crippen LogP contribution is 2.19. The number of carbonyl (C=O) groups is 2. The Morgan fingerprint density at radius 3 is 2.35 bits per heavy atom. The fourth-order valence-electron chi connectivity index (χ4n) is 2.14. The zero-order valence-corrected chi connectivity index (χ0v) is 13.1. The van der Waals surface area contributed by atoms with Gasteiger partial charge in [-0.05, 0) is 19.1 Å². The van der Waals surface area contributed by atoms with Gasteiger partial charge in [0, 0.05) is 12.2 Å². The summed E-state index contributed by atoms with van der Waals surface area (Å²) >= 11 is 0. The molecule has 0 aromatic heterocycles. The maximum absolute atomic E-state index is 12.6. The van der Waals surface area contributed by atoms with E-state index in [0.717, 1.165) is 0 Å². The van der Waals surface area contributed by atoms with Crippen LogP contribution in [0.15, 0.2) is 54.6 Å². The number of hydrogen-bond acceptors (Lipinski definition) is 5. The number of benzene rings is 2. The predicted molar refractivity (Wildman–Crippen MR) is 87.6 cm³/mol. The van der Waals surface area contributed by atoms with Crippen LogP contribution in [0, 0.1) is 0 Å². The molecule has 2 aromatic carbocycles. The average Bonchev–Trinajstić information content (AvgIpc) is 2.61. The first-order chi connectivity index (χ1) is 11.2. The molecule has 0 aliphatic rings. The number of ketones is 1. The van der Waals surface area contributed by atoms with Gasteiger partial charge in [-0.25, -0.2) is 4.79 Å². The molecular formula is C18H19NO4. The van der Waals surface area contributed by atoms with E-state index in [-0.39, 0.29) is 5.78 Å². The predicted octanol–water partition coefficient (Wildman–Crippen LogP) is 3.13. The molecule has 0 radical (unpaired) electrons. The molecule has 2 aromatic rings. The van der Waals surface area contributed by atoms with Gasteiger partial charge in [-0.2, -0.15) is 0 Å². The molecule has 23 heavy (non-hydrogen) atoms. The molecule has 0 saturated carbocycles. The molecular weight excluding hydrogens is 294 g/mol. The van der Waals surface area contributed by atoms with Crippen molar-refractivity contribution in [2.75, 3.05) is 19.0 Å². The Morgan fingerprint density at radius 2 is 1.70 bits per heavy atom. The minimum atomic E-state index is -0.881. The highest BCUT2D eigenvalue weighted by atomic mass is 16.5. The molecule has 0 fully saturated rings. The fraction of sp³-hybridized carbons (Fsp3) is 0.222. The van der Waals surface area contributed by atoms with Crippen molar-refractivity contribution in [2.24, 2.45) is 0 Å². The lowest BCUT2D eigenvalue weighted by molar-refractivity contribution is 0.0543. The number of anilines is 1. The third kappa shape index (κ3) is 4.17. The summed E-state index contributed by atoms with van der Waals surface area (Å²) < 4.78 is 10.3. The molecule has 0 saturated heterocycles.